The molecule has 1 aliphatic carbocycles. The van der Waals surface area contributed by atoms with Crippen molar-refractivity contribution < 1.29 is 9.18 Å². The van der Waals surface area contributed by atoms with Crippen LogP contribution in [0.5, 0.6) is 0 Å². The summed E-state index contributed by atoms with van der Waals surface area (Å²) in [5.74, 6) is 0.258. The van der Waals surface area contributed by atoms with Gasteiger partial charge in [0, 0.05) is 34.9 Å². The van der Waals surface area contributed by atoms with Crippen LogP contribution in [0.15, 0.2) is 24.8 Å². The van der Waals surface area contributed by atoms with Crippen molar-refractivity contribution >= 4 is 23.6 Å². The third kappa shape index (κ3) is 12.9. The van der Waals surface area contributed by atoms with Gasteiger partial charge in [0.15, 0.2) is 0 Å². The molecule has 31 heavy (non-hydrogen) atoms. The maximum absolute atomic E-state index is 13.2. The fourth-order valence-electron chi connectivity index (χ4n) is 3.11. The van der Waals surface area contributed by atoms with Gasteiger partial charge in [-0.3, -0.25) is 0 Å². The van der Waals surface area contributed by atoms with Gasteiger partial charge in [-0.25, -0.2) is 4.39 Å². The number of aldehydes is 1. The summed E-state index contributed by atoms with van der Waals surface area (Å²) in [6.45, 7) is 11.7. The van der Waals surface area contributed by atoms with Crippen molar-refractivity contribution in [1.82, 2.24) is 10.2 Å². The molecule has 0 bridgehead atoms. The van der Waals surface area contributed by atoms with Gasteiger partial charge >= 0.3 is 0 Å². The number of carbonyl (C=O) groups is 1. The molecule has 0 amide bonds. The number of nitrogens with two attached hydrogens (primary N) is 1. The number of benzene rings is 1. The molecule has 1 aliphatic rings. The van der Waals surface area contributed by atoms with E-state index in [1.807, 2.05) is 0 Å². The highest BCUT2D eigenvalue weighted by Crippen LogP contribution is 2.34. The number of halogens is 2. The van der Waals surface area contributed by atoms with Crippen molar-refractivity contribution in [3.63, 3.8) is 0 Å². The van der Waals surface area contributed by atoms with Crippen LogP contribution in [0.25, 0.3) is 5.70 Å². The van der Waals surface area contributed by atoms with Gasteiger partial charge in [0.05, 0.1) is 0 Å². The predicted octanol–water partition coefficient (Wildman–Crippen LogP) is 5.89. The molecule has 2 rings (SSSR count). The molecule has 1 aromatic rings. The molecule has 0 aliphatic heterocycles. The first-order chi connectivity index (χ1) is 14.6. The van der Waals surface area contributed by atoms with Gasteiger partial charge in [-0.1, -0.05) is 51.3 Å². The van der Waals surface area contributed by atoms with Crippen LogP contribution in [0.1, 0.15) is 71.3 Å². The molecule has 4 nitrogen and oxygen atoms in total. The van der Waals surface area contributed by atoms with E-state index in [1.54, 1.807) is 6.07 Å². The summed E-state index contributed by atoms with van der Waals surface area (Å²) in [6.07, 6.45) is 9.85. The molecular formula is C25H43ClFN3O. The van der Waals surface area contributed by atoms with Crippen LogP contribution < -0.4 is 11.1 Å². The summed E-state index contributed by atoms with van der Waals surface area (Å²) in [4.78, 5) is 11.4. The van der Waals surface area contributed by atoms with Crippen molar-refractivity contribution in [2.75, 3.05) is 27.2 Å². The maximum atomic E-state index is 13.2. The highest BCUT2D eigenvalue weighted by molar-refractivity contribution is 6.30. The second kappa shape index (κ2) is 16.2. The van der Waals surface area contributed by atoms with Crippen LogP contribution in [0, 0.1) is 11.7 Å². The topological polar surface area (TPSA) is 58.4 Å². The van der Waals surface area contributed by atoms with Crippen LogP contribution in [-0.2, 0) is 4.79 Å². The fourth-order valence-corrected chi connectivity index (χ4v) is 3.33. The normalized spacial score (nSPS) is 14.9. The smallest absolute Gasteiger partial charge is 0.133 e. The number of hydrogen-bond acceptors (Lipinski definition) is 4. The molecule has 1 aromatic carbocycles. The summed E-state index contributed by atoms with van der Waals surface area (Å²) >= 11 is 5.83. The van der Waals surface area contributed by atoms with E-state index in [0.717, 1.165) is 12.2 Å². The van der Waals surface area contributed by atoms with Gasteiger partial charge in [-0.15, -0.1) is 0 Å². The standard InChI is InChI=1S/C16H23ClFN.C7H15N.C2H5NO/c1-4-5-6-7-12(2)11-19-13(3)14-8-15(17)10-16(18)9-14;1-7(8(2)3)5-4-6-7;3-1-2-4/h8-10,12,19H,3-7,11H2,1-2H3;4-6H2,1-3H3;2H,1,3H2. The lowest BCUT2D eigenvalue weighted by Gasteiger charge is -2.44. The first kappa shape index (κ1) is 29.6. The van der Waals surface area contributed by atoms with Gasteiger partial charge < -0.3 is 20.7 Å². The first-order valence-electron chi connectivity index (χ1n) is 11.3. The molecule has 1 saturated carbocycles. The summed E-state index contributed by atoms with van der Waals surface area (Å²) in [5, 5.41) is 3.66. The van der Waals surface area contributed by atoms with E-state index in [1.165, 1.54) is 57.1 Å². The lowest BCUT2D eigenvalue weighted by Crippen LogP contribution is -2.46. The minimum atomic E-state index is -0.332. The van der Waals surface area contributed by atoms with Crippen molar-refractivity contribution in [3.8, 4) is 0 Å². The fraction of sp³-hybridized carbons (Fsp3) is 0.640. The third-order valence-corrected chi connectivity index (χ3v) is 6.00. The average molecular weight is 456 g/mol. The molecular weight excluding hydrogens is 413 g/mol. The van der Waals surface area contributed by atoms with E-state index >= 15 is 0 Å². The molecule has 6 heteroatoms. The van der Waals surface area contributed by atoms with Crippen LogP contribution in [-0.4, -0.2) is 43.9 Å². The zero-order valence-corrected chi connectivity index (χ0v) is 20.9. The SMILES string of the molecule is C=C(NCC(C)CCCCC)c1cc(F)cc(Cl)c1.CN(C)C1(C)CCC1.NCC=O. The Morgan fingerprint density at radius 3 is 2.35 bits per heavy atom. The molecule has 0 saturated heterocycles. The van der Waals surface area contributed by atoms with Crippen molar-refractivity contribution in [2.24, 2.45) is 11.7 Å². The Labute approximate surface area is 194 Å². The van der Waals surface area contributed by atoms with Crippen LogP contribution in [0.3, 0.4) is 0 Å². The zero-order valence-electron chi connectivity index (χ0n) is 20.1. The van der Waals surface area contributed by atoms with Gasteiger partial charge in [-0.05, 0) is 70.8 Å². The second-order valence-electron chi connectivity index (χ2n) is 8.77. The predicted molar refractivity (Wildman–Crippen MR) is 133 cm³/mol. The molecule has 0 heterocycles. The monoisotopic (exact) mass is 455 g/mol. The van der Waals surface area contributed by atoms with E-state index in [9.17, 15) is 4.39 Å². The largest absolute Gasteiger partial charge is 0.385 e. The van der Waals surface area contributed by atoms with Crippen LogP contribution in [0.4, 0.5) is 4.39 Å². The Balaban J connectivity index is 0.000000613. The Morgan fingerprint density at radius 2 is 1.97 bits per heavy atom. The summed E-state index contributed by atoms with van der Waals surface area (Å²) in [6, 6.07) is 4.47. The van der Waals surface area contributed by atoms with E-state index in [-0.39, 0.29) is 12.4 Å². The first-order valence-corrected chi connectivity index (χ1v) is 11.7. The van der Waals surface area contributed by atoms with Crippen molar-refractivity contribution in [1.29, 1.82) is 0 Å². The Hall–Kier alpha value is -1.43. The summed E-state index contributed by atoms with van der Waals surface area (Å²) < 4.78 is 13.2. The number of nitrogens with zero attached hydrogens (tertiary/aromatic N) is 1. The van der Waals surface area contributed by atoms with Gasteiger partial charge in [0.1, 0.15) is 12.1 Å². The molecule has 178 valence electrons. The second-order valence-corrected chi connectivity index (χ2v) is 9.20. The van der Waals surface area contributed by atoms with Crippen molar-refractivity contribution in [3.05, 3.63) is 41.2 Å². The zero-order chi connectivity index (χ0) is 23.9. The van der Waals surface area contributed by atoms with E-state index in [0.29, 0.717) is 28.3 Å². The number of carbonyl (C=O) groups excluding carboxylic acids is 1. The number of unbranched alkanes of at least 4 members (excludes halogenated alkanes) is 2. The number of hydrogen-bond donors (Lipinski definition) is 2. The number of rotatable bonds is 10. The minimum absolute atomic E-state index is 0.139. The highest BCUT2D eigenvalue weighted by Gasteiger charge is 2.33. The van der Waals surface area contributed by atoms with Crippen molar-refractivity contribution in [2.45, 2.75) is 71.3 Å². The Morgan fingerprint density at radius 1 is 1.35 bits per heavy atom. The Bertz CT molecular complexity index is 627. The van der Waals surface area contributed by atoms with E-state index in [2.05, 4.69) is 57.4 Å². The minimum Gasteiger partial charge on any atom is -0.385 e. The van der Waals surface area contributed by atoms with E-state index in [4.69, 9.17) is 16.4 Å². The maximum Gasteiger partial charge on any atom is 0.133 e. The molecule has 0 radical (unpaired) electrons. The molecule has 1 atom stereocenters. The van der Waals surface area contributed by atoms with Crippen LogP contribution >= 0.6 is 11.6 Å². The molecule has 1 fully saturated rings. The van der Waals surface area contributed by atoms with Gasteiger partial charge in [-0.2, -0.15) is 0 Å². The Kier molecular flexibility index (Phi) is 15.5. The van der Waals surface area contributed by atoms with Crippen LogP contribution in [0.2, 0.25) is 5.02 Å². The third-order valence-electron chi connectivity index (χ3n) is 5.78. The van der Waals surface area contributed by atoms with Gasteiger partial charge in [0.2, 0.25) is 0 Å². The number of nitrogens with one attached hydrogen (secondary N) is 1. The molecule has 0 spiro atoms. The lowest BCUT2D eigenvalue weighted by atomic mass is 9.78. The quantitative estimate of drug-likeness (QED) is 0.341. The molecule has 3 N–H and O–H groups in total. The summed E-state index contributed by atoms with van der Waals surface area (Å²) in [7, 11) is 4.33. The lowest BCUT2D eigenvalue weighted by molar-refractivity contribution is -0.106. The average Bonchev–Trinajstić information content (AvgIpc) is 2.70. The highest BCUT2D eigenvalue weighted by atomic mass is 35.5. The molecule has 0 aromatic heterocycles. The molecule has 1 unspecified atom stereocenters. The van der Waals surface area contributed by atoms with E-state index < -0.39 is 0 Å². The van der Waals surface area contributed by atoms with Gasteiger partial charge in [0.25, 0.3) is 0 Å². The summed E-state index contributed by atoms with van der Waals surface area (Å²) in [5.41, 5.74) is 6.65.